The summed E-state index contributed by atoms with van der Waals surface area (Å²) in [5.41, 5.74) is 0.822. The molecule has 0 saturated carbocycles. The van der Waals surface area contributed by atoms with Crippen molar-refractivity contribution in [1.82, 2.24) is 14.8 Å². The van der Waals surface area contributed by atoms with Gasteiger partial charge in [-0.25, -0.2) is 9.48 Å². The van der Waals surface area contributed by atoms with Crippen LogP contribution in [-0.4, -0.2) is 33.5 Å². The smallest absolute Gasteiger partial charge is 0.345 e. The van der Waals surface area contributed by atoms with Crippen LogP contribution >= 0.6 is 0 Å². The van der Waals surface area contributed by atoms with Crippen LogP contribution in [0, 0.1) is 0 Å². The number of esters is 2. The molecule has 4 aromatic rings. The third-order valence-electron chi connectivity index (χ3n) is 5.09. The number of nitrogens with one attached hydrogen (secondary N) is 1. The summed E-state index contributed by atoms with van der Waals surface area (Å²) < 4.78 is 11.2. The van der Waals surface area contributed by atoms with Gasteiger partial charge in [0.1, 0.15) is 16.9 Å². The maximum atomic E-state index is 13.4. The molecular formula is C25H22N4O5. The number of carbonyl (C=O) groups excluding carboxylic acids is 2. The molecule has 0 amide bonds. The van der Waals surface area contributed by atoms with Gasteiger partial charge in [-0.1, -0.05) is 54.6 Å². The minimum absolute atomic E-state index is 0.0123. The van der Waals surface area contributed by atoms with E-state index < -0.39 is 24.3 Å². The molecule has 34 heavy (non-hydrogen) atoms. The Bertz CT molecular complexity index is 1410. The summed E-state index contributed by atoms with van der Waals surface area (Å²) in [4.78, 5) is 41.9. The highest BCUT2D eigenvalue weighted by Gasteiger charge is 2.26. The number of aromatic nitrogens is 3. The second-order valence-electron chi connectivity index (χ2n) is 7.30. The number of ether oxygens (including phenoxy) is 2. The Labute approximate surface area is 195 Å². The SMILES string of the molecule is CCn1nc(-c2ccccc2)c(C(=O)OCOC(C)=O)c(Nc2cncc3ccccc23)c1=O. The molecule has 0 aliphatic heterocycles. The van der Waals surface area contributed by atoms with E-state index in [1.54, 1.807) is 43.6 Å². The Morgan fingerprint density at radius 1 is 1.00 bits per heavy atom. The van der Waals surface area contributed by atoms with Gasteiger partial charge < -0.3 is 14.8 Å². The van der Waals surface area contributed by atoms with E-state index in [4.69, 9.17) is 9.47 Å². The highest BCUT2D eigenvalue weighted by Crippen LogP contribution is 2.30. The number of benzene rings is 2. The molecule has 2 aromatic heterocycles. The first kappa shape index (κ1) is 22.7. The zero-order chi connectivity index (χ0) is 24.1. The van der Waals surface area contributed by atoms with E-state index in [0.29, 0.717) is 11.3 Å². The molecule has 0 bridgehead atoms. The lowest BCUT2D eigenvalue weighted by atomic mass is 10.0. The second-order valence-corrected chi connectivity index (χ2v) is 7.30. The molecular weight excluding hydrogens is 436 g/mol. The van der Waals surface area contributed by atoms with Gasteiger partial charge in [0.2, 0.25) is 6.79 Å². The van der Waals surface area contributed by atoms with Crippen LogP contribution in [-0.2, 0) is 20.8 Å². The zero-order valence-corrected chi connectivity index (χ0v) is 18.6. The monoisotopic (exact) mass is 458 g/mol. The van der Waals surface area contributed by atoms with Gasteiger partial charge in [0.25, 0.3) is 5.56 Å². The van der Waals surface area contributed by atoms with Crippen molar-refractivity contribution < 1.29 is 19.1 Å². The van der Waals surface area contributed by atoms with Gasteiger partial charge in [0.05, 0.1) is 11.9 Å². The predicted molar refractivity (Wildman–Crippen MR) is 127 cm³/mol. The molecule has 9 heteroatoms. The molecule has 2 heterocycles. The summed E-state index contributed by atoms with van der Waals surface area (Å²) in [6.45, 7) is 2.68. The average molecular weight is 458 g/mol. The predicted octanol–water partition coefficient (Wildman–Crippen LogP) is 3.90. The molecule has 0 radical (unpaired) electrons. The number of pyridine rings is 1. The molecule has 0 unspecified atom stereocenters. The zero-order valence-electron chi connectivity index (χ0n) is 18.6. The molecule has 0 fully saturated rings. The Hall–Kier alpha value is -4.53. The van der Waals surface area contributed by atoms with Crippen LogP contribution in [0.2, 0.25) is 0 Å². The minimum Gasteiger partial charge on any atom is -0.428 e. The molecule has 1 N–H and O–H groups in total. The van der Waals surface area contributed by atoms with E-state index in [9.17, 15) is 14.4 Å². The quantitative estimate of drug-likeness (QED) is 0.328. The van der Waals surface area contributed by atoms with Crippen LogP contribution in [0.5, 0.6) is 0 Å². The van der Waals surface area contributed by atoms with Crippen LogP contribution < -0.4 is 10.9 Å². The number of nitrogens with zero attached hydrogens (tertiary/aromatic N) is 3. The van der Waals surface area contributed by atoms with Gasteiger partial charge in [-0.05, 0) is 6.92 Å². The van der Waals surface area contributed by atoms with Gasteiger partial charge in [0, 0.05) is 36.0 Å². The van der Waals surface area contributed by atoms with Crippen molar-refractivity contribution >= 4 is 34.1 Å². The van der Waals surface area contributed by atoms with E-state index in [1.807, 2.05) is 30.3 Å². The van der Waals surface area contributed by atoms with Crippen molar-refractivity contribution in [2.75, 3.05) is 12.1 Å². The number of hydrogen-bond donors (Lipinski definition) is 1. The van der Waals surface area contributed by atoms with Crippen molar-refractivity contribution in [3.63, 3.8) is 0 Å². The van der Waals surface area contributed by atoms with Crippen LogP contribution in [0.4, 0.5) is 11.4 Å². The molecule has 0 aliphatic rings. The van der Waals surface area contributed by atoms with Crippen molar-refractivity contribution in [2.24, 2.45) is 0 Å². The molecule has 4 rings (SSSR count). The summed E-state index contributed by atoms with van der Waals surface area (Å²) in [5.74, 6) is -1.46. The standard InChI is InChI=1S/C25H22N4O5/c1-3-29-24(31)23(27-20-14-26-13-18-11-7-8-12-19(18)20)21(25(32)34-15-33-16(2)30)22(28-29)17-9-5-4-6-10-17/h4-14,27H,3,15H2,1-2H3. The normalized spacial score (nSPS) is 10.6. The van der Waals surface area contributed by atoms with E-state index in [0.717, 1.165) is 10.8 Å². The summed E-state index contributed by atoms with van der Waals surface area (Å²) >= 11 is 0. The fraction of sp³-hybridized carbons (Fsp3) is 0.160. The van der Waals surface area contributed by atoms with Gasteiger partial charge in [-0.3, -0.25) is 14.6 Å². The molecule has 0 aliphatic carbocycles. The maximum absolute atomic E-state index is 13.4. The second kappa shape index (κ2) is 9.95. The summed E-state index contributed by atoms with van der Waals surface area (Å²) in [6.07, 6.45) is 3.29. The third-order valence-corrected chi connectivity index (χ3v) is 5.09. The highest BCUT2D eigenvalue weighted by molar-refractivity contribution is 6.03. The topological polar surface area (TPSA) is 112 Å². The number of rotatable bonds is 7. The average Bonchev–Trinajstić information content (AvgIpc) is 2.85. The number of hydrogen-bond acceptors (Lipinski definition) is 8. The van der Waals surface area contributed by atoms with Gasteiger partial charge in [0.15, 0.2) is 0 Å². The lowest BCUT2D eigenvalue weighted by Gasteiger charge is -2.17. The van der Waals surface area contributed by atoms with Crippen LogP contribution in [0.15, 0.2) is 71.8 Å². The molecule has 2 aromatic carbocycles. The molecule has 0 spiro atoms. The minimum atomic E-state index is -0.858. The van der Waals surface area contributed by atoms with E-state index in [-0.39, 0.29) is 23.5 Å². The van der Waals surface area contributed by atoms with Crippen molar-refractivity contribution in [3.8, 4) is 11.3 Å². The number of anilines is 2. The third kappa shape index (κ3) is 4.63. The summed E-state index contributed by atoms with van der Waals surface area (Å²) in [6, 6.07) is 16.5. The van der Waals surface area contributed by atoms with Gasteiger partial charge in [-0.15, -0.1) is 0 Å². The highest BCUT2D eigenvalue weighted by atomic mass is 16.7. The number of aryl methyl sites for hydroxylation is 1. The molecule has 9 nitrogen and oxygen atoms in total. The van der Waals surface area contributed by atoms with Crippen molar-refractivity contribution in [1.29, 1.82) is 0 Å². The van der Waals surface area contributed by atoms with Crippen LogP contribution in [0.25, 0.3) is 22.0 Å². The van der Waals surface area contributed by atoms with Crippen molar-refractivity contribution in [2.45, 2.75) is 20.4 Å². The lowest BCUT2D eigenvalue weighted by Crippen LogP contribution is -2.29. The Balaban J connectivity index is 1.92. The molecule has 0 atom stereocenters. The van der Waals surface area contributed by atoms with E-state index in [2.05, 4.69) is 15.4 Å². The number of fused-ring (bicyclic) bond motifs is 1. The Morgan fingerprint density at radius 2 is 1.74 bits per heavy atom. The van der Waals surface area contributed by atoms with E-state index >= 15 is 0 Å². The van der Waals surface area contributed by atoms with Gasteiger partial charge in [-0.2, -0.15) is 5.10 Å². The fourth-order valence-electron chi connectivity index (χ4n) is 3.49. The first-order valence-corrected chi connectivity index (χ1v) is 10.6. The summed E-state index contributed by atoms with van der Waals surface area (Å²) in [5, 5.41) is 9.21. The lowest BCUT2D eigenvalue weighted by molar-refractivity contribution is -0.149. The Morgan fingerprint density at radius 3 is 2.47 bits per heavy atom. The molecule has 172 valence electrons. The molecule has 0 saturated heterocycles. The van der Waals surface area contributed by atoms with Crippen LogP contribution in [0.3, 0.4) is 0 Å². The first-order valence-electron chi connectivity index (χ1n) is 10.6. The first-order chi connectivity index (χ1) is 16.5. The maximum Gasteiger partial charge on any atom is 0.345 e. The largest absolute Gasteiger partial charge is 0.428 e. The van der Waals surface area contributed by atoms with E-state index in [1.165, 1.54) is 11.6 Å². The Kier molecular flexibility index (Phi) is 6.63. The van der Waals surface area contributed by atoms with Gasteiger partial charge >= 0.3 is 11.9 Å². The number of carbonyl (C=O) groups is 2. The fourth-order valence-corrected chi connectivity index (χ4v) is 3.49. The van der Waals surface area contributed by atoms with Crippen LogP contribution in [0.1, 0.15) is 24.2 Å². The van der Waals surface area contributed by atoms with Crippen molar-refractivity contribution in [3.05, 3.63) is 82.9 Å². The summed E-state index contributed by atoms with van der Waals surface area (Å²) in [7, 11) is 0.